The molecule has 1 radical (unpaired) electrons. The SMILES string of the molecule is O=C(/C=C(\[O-])c1c(F)c(F)c(F)c(F)c1F)c1c(F)c(F)c(F)c(F)c1F.O=C(/C=C(\[O-])c1c(F)c(F)c(F)c(F)c1F)c1c(F)c(F)c(F)c(F)c1F.[Cu+2].c1ccccc1.c1ccccc1.c1ccccc1. The molecule has 0 amide bonds. The van der Waals surface area contributed by atoms with E-state index in [0.717, 1.165) is 0 Å². The third-order valence-corrected chi connectivity index (χ3v) is 8.35. The van der Waals surface area contributed by atoms with Crippen molar-refractivity contribution in [2.75, 3.05) is 0 Å². The zero-order valence-corrected chi connectivity index (χ0v) is 36.0. The van der Waals surface area contributed by atoms with Crippen molar-refractivity contribution in [1.82, 2.24) is 0 Å². The molecule has 0 aliphatic rings. The molecule has 0 heterocycles. The fraction of sp³-hybridized carbons (Fsp3) is 0. The van der Waals surface area contributed by atoms with Gasteiger partial charge in [-0.2, -0.15) is 0 Å². The first-order valence-corrected chi connectivity index (χ1v) is 18.8. The molecular weight excluding hydrogens is 1080 g/mol. The Labute approximate surface area is 406 Å². The number of halogens is 20. The maximum absolute atomic E-state index is 13.5. The topological polar surface area (TPSA) is 80.3 Å². The molecule has 0 unspecified atom stereocenters. The van der Waals surface area contributed by atoms with Gasteiger partial charge in [0.25, 0.3) is 0 Å². The molecule has 0 saturated carbocycles. The summed E-state index contributed by atoms with van der Waals surface area (Å²) in [6.07, 6.45) is -1.17. The first-order valence-electron chi connectivity index (χ1n) is 18.8. The molecule has 4 nitrogen and oxygen atoms in total. The van der Waals surface area contributed by atoms with E-state index in [1.807, 2.05) is 109 Å². The second kappa shape index (κ2) is 27.6. The minimum Gasteiger partial charge on any atom is -0.872 e. The van der Waals surface area contributed by atoms with Gasteiger partial charge in [0.2, 0.25) is 23.3 Å². The molecule has 7 aromatic carbocycles. The summed E-state index contributed by atoms with van der Waals surface area (Å²) in [7, 11) is 0. The monoisotopic (exact) mass is 1100 g/mol. The maximum Gasteiger partial charge on any atom is 2.00 e. The Balaban J connectivity index is 0.000000367. The quantitative estimate of drug-likeness (QED) is 0.0316. The zero-order valence-electron chi connectivity index (χ0n) is 35.0. The molecule has 0 N–H and O–H groups in total. The Morgan fingerprint density at radius 1 is 0.233 bits per heavy atom. The van der Waals surface area contributed by atoms with Gasteiger partial charge in [-0.3, -0.25) is 9.59 Å². The van der Waals surface area contributed by atoms with Crippen LogP contribution in [-0.4, -0.2) is 11.6 Å². The maximum atomic E-state index is 13.5. The van der Waals surface area contributed by atoms with Crippen LogP contribution in [0.15, 0.2) is 121 Å². The van der Waals surface area contributed by atoms with Crippen LogP contribution >= 0.6 is 0 Å². The van der Waals surface area contributed by atoms with Crippen LogP contribution in [-0.2, 0) is 17.1 Å². The van der Waals surface area contributed by atoms with Gasteiger partial charge in [0.05, 0.1) is 11.1 Å². The zero-order chi connectivity index (χ0) is 54.3. The molecule has 25 heteroatoms. The molecule has 0 aliphatic carbocycles. The summed E-state index contributed by atoms with van der Waals surface area (Å²) in [5, 5.41) is 23.3. The van der Waals surface area contributed by atoms with Gasteiger partial charge in [-0.15, -0.1) is 0 Å². The Bertz CT molecular complexity index is 2710. The Kier molecular flexibility index (Phi) is 23.2. The van der Waals surface area contributed by atoms with Gasteiger partial charge >= 0.3 is 17.1 Å². The van der Waals surface area contributed by atoms with E-state index in [-0.39, 0.29) is 17.1 Å². The molecule has 0 aromatic heterocycles. The fourth-order valence-corrected chi connectivity index (χ4v) is 4.97. The van der Waals surface area contributed by atoms with E-state index in [4.69, 9.17) is 0 Å². The van der Waals surface area contributed by atoms with Crippen LogP contribution in [0.5, 0.6) is 0 Å². The van der Waals surface area contributed by atoms with Crippen LogP contribution in [0.4, 0.5) is 87.8 Å². The predicted octanol–water partition coefficient (Wildman–Crippen LogP) is 12.4. The summed E-state index contributed by atoms with van der Waals surface area (Å²) >= 11 is 0. The number of carbonyl (C=O) groups excluding carboxylic acids is 2. The van der Waals surface area contributed by atoms with Gasteiger partial charge in [0.15, 0.2) is 105 Å². The molecule has 0 atom stereocenters. The van der Waals surface area contributed by atoms with Crippen LogP contribution in [0.25, 0.3) is 11.5 Å². The molecule has 7 aromatic rings. The van der Waals surface area contributed by atoms with Crippen LogP contribution in [0.3, 0.4) is 0 Å². The molecule has 0 fully saturated rings. The second-order valence-corrected chi connectivity index (χ2v) is 13.0. The van der Waals surface area contributed by atoms with Gasteiger partial charge in [-0.25, -0.2) is 87.8 Å². The second-order valence-electron chi connectivity index (χ2n) is 13.0. The summed E-state index contributed by atoms with van der Waals surface area (Å²) in [5.74, 6) is -61.4. The van der Waals surface area contributed by atoms with E-state index < -0.39 is 174 Å². The number of carbonyl (C=O) groups is 2. The minimum absolute atomic E-state index is 0. The van der Waals surface area contributed by atoms with E-state index in [1.54, 1.807) is 0 Å². The summed E-state index contributed by atoms with van der Waals surface area (Å²) in [4.78, 5) is 23.3. The van der Waals surface area contributed by atoms with Gasteiger partial charge in [0.1, 0.15) is 0 Å². The number of benzene rings is 7. The van der Waals surface area contributed by atoms with Gasteiger partial charge < -0.3 is 10.2 Å². The van der Waals surface area contributed by atoms with Crippen molar-refractivity contribution < 1.29 is 125 Å². The third-order valence-electron chi connectivity index (χ3n) is 8.35. The summed E-state index contributed by atoms with van der Waals surface area (Å²) in [5.41, 5.74) is -8.65. The predicted molar refractivity (Wildman–Crippen MR) is 209 cm³/mol. The van der Waals surface area contributed by atoms with Gasteiger partial charge in [-0.1, -0.05) is 121 Å². The number of rotatable bonds is 6. The molecule has 0 aliphatic heterocycles. The van der Waals surface area contributed by atoms with Crippen molar-refractivity contribution in [1.29, 1.82) is 0 Å². The van der Waals surface area contributed by atoms with Crippen molar-refractivity contribution in [3.05, 3.63) is 260 Å². The fourth-order valence-electron chi connectivity index (χ4n) is 4.97. The van der Waals surface area contributed by atoms with Crippen LogP contribution < -0.4 is 10.2 Å². The number of ketones is 2. The molecular formula is C48H20CuF20O4. The van der Waals surface area contributed by atoms with Crippen molar-refractivity contribution in [2.24, 2.45) is 0 Å². The summed E-state index contributed by atoms with van der Waals surface area (Å²) in [6, 6.07) is 36.0. The standard InChI is InChI=1S/2C15H2F10O2.3C6H6.Cu/c2*16-6-4(7(17)11(21)14(24)10(6)20)2(26)1-3(27)5-8(18)12(22)15(25)13(23)9(5)19;3*1-2-4-6-5-3-1;/h2*1,26H;3*1-6H;/q;;;;;+2/p-2/b2*2-1-;;;;. The van der Waals surface area contributed by atoms with E-state index in [0.29, 0.717) is 0 Å². The number of hydrogen-bond donors (Lipinski definition) is 0. The van der Waals surface area contributed by atoms with Crippen molar-refractivity contribution >= 4 is 23.1 Å². The Morgan fingerprint density at radius 3 is 0.479 bits per heavy atom. The van der Waals surface area contributed by atoms with Crippen LogP contribution in [0.1, 0.15) is 31.8 Å². The minimum atomic E-state index is -2.64. The first kappa shape index (κ1) is 61.2. The van der Waals surface area contributed by atoms with Crippen molar-refractivity contribution in [3.8, 4) is 0 Å². The summed E-state index contributed by atoms with van der Waals surface area (Å²) in [6.45, 7) is 0. The Morgan fingerprint density at radius 2 is 0.342 bits per heavy atom. The molecule has 0 saturated heterocycles. The average molecular weight is 1100 g/mol. The van der Waals surface area contributed by atoms with E-state index in [9.17, 15) is 108 Å². The van der Waals surface area contributed by atoms with Crippen molar-refractivity contribution in [3.63, 3.8) is 0 Å². The first-order chi connectivity index (χ1) is 33.8. The van der Waals surface area contributed by atoms with Crippen LogP contribution in [0.2, 0.25) is 0 Å². The number of allylic oxidation sites excluding steroid dienone is 2. The van der Waals surface area contributed by atoms with E-state index >= 15 is 0 Å². The molecule has 387 valence electrons. The third kappa shape index (κ3) is 14.6. The molecule has 7 rings (SSSR count). The molecule has 0 spiro atoms. The van der Waals surface area contributed by atoms with E-state index in [2.05, 4.69) is 0 Å². The van der Waals surface area contributed by atoms with Gasteiger partial charge in [0, 0.05) is 11.1 Å². The molecule has 0 bridgehead atoms. The average Bonchev–Trinajstić information content (AvgIpc) is 3.38. The smallest absolute Gasteiger partial charge is 0.872 e. The van der Waals surface area contributed by atoms with Gasteiger partial charge in [-0.05, 0) is 12.2 Å². The Hall–Kier alpha value is -7.92. The van der Waals surface area contributed by atoms with E-state index in [1.165, 1.54) is 0 Å². The largest absolute Gasteiger partial charge is 2.00 e. The number of hydrogen-bond acceptors (Lipinski definition) is 4. The normalized spacial score (nSPS) is 10.7. The van der Waals surface area contributed by atoms with Crippen molar-refractivity contribution in [2.45, 2.75) is 0 Å². The summed E-state index contributed by atoms with van der Waals surface area (Å²) < 4.78 is 263. The molecule has 73 heavy (non-hydrogen) atoms. The van der Waals surface area contributed by atoms with Crippen LogP contribution in [0, 0.1) is 116 Å².